The predicted molar refractivity (Wildman–Crippen MR) is 156 cm³/mol. The molecule has 210 valence electrons. The van der Waals surface area contributed by atoms with E-state index >= 15 is 0 Å². The Morgan fingerprint density at radius 2 is 1.95 bits per heavy atom. The first-order valence-corrected chi connectivity index (χ1v) is 14.6. The molecule has 0 bridgehead atoms. The average molecular weight is 562 g/mol. The van der Waals surface area contributed by atoms with Crippen molar-refractivity contribution in [1.29, 1.82) is 0 Å². The third-order valence-corrected chi connectivity index (χ3v) is 8.97. The smallest absolute Gasteiger partial charge is 0.252 e. The van der Waals surface area contributed by atoms with E-state index in [1.54, 1.807) is 7.11 Å². The van der Waals surface area contributed by atoms with Crippen LogP contribution in [0.5, 0.6) is 5.75 Å². The van der Waals surface area contributed by atoms with Gasteiger partial charge in [-0.2, -0.15) is 0 Å². The van der Waals surface area contributed by atoms with E-state index in [2.05, 4.69) is 27.5 Å². The summed E-state index contributed by atoms with van der Waals surface area (Å²) in [7, 11) is 3.76. The van der Waals surface area contributed by atoms with Crippen LogP contribution in [0, 0.1) is 5.92 Å². The number of methoxy groups -OCH3 is 1. The fraction of sp³-hybridized carbons (Fsp3) is 0.452. The number of rotatable bonds is 6. The van der Waals surface area contributed by atoms with Crippen molar-refractivity contribution in [3.8, 4) is 5.75 Å². The van der Waals surface area contributed by atoms with Gasteiger partial charge in [-0.1, -0.05) is 29.8 Å². The van der Waals surface area contributed by atoms with Crippen LogP contribution in [0.1, 0.15) is 52.5 Å². The Labute approximate surface area is 240 Å². The van der Waals surface area contributed by atoms with Gasteiger partial charge in [0.25, 0.3) is 5.91 Å². The molecule has 0 spiro atoms. The van der Waals surface area contributed by atoms with Crippen molar-refractivity contribution < 1.29 is 14.3 Å². The Hall–Kier alpha value is -3.20. The number of carbonyl (C=O) groups excluding carboxylic acids is 2. The third kappa shape index (κ3) is 5.16. The molecule has 2 atom stereocenters. The van der Waals surface area contributed by atoms with Crippen molar-refractivity contribution in [3.63, 3.8) is 0 Å². The van der Waals surface area contributed by atoms with E-state index in [1.165, 1.54) is 0 Å². The first-order chi connectivity index (χ1) is 19.4. The first-order valence-electron chi connectivity index (χ1n) is 14.2. The normalized spacial score (nSPS) is 21.2. The number of nitrogens with one attached hydrogen (secondary N) is 2. The molecule has 2 saturated heterocycles. The van der Waals surface area contributed by atoms with Crippen molar-refractivity contribution in [1.82, 2.24) is 25.4 Å². The second-order valence-corrected chi connectivity index (χ2v) is 11.7. The van der Waals surface area contributed by atoms with Crippen LogP contribution in [-0.4, -0.2) is 73.0 Å². The van der Waals surface area contributed by atoms with Crippen molar-refractivity contribution >= 4 is 34.3 Å². The lowest BCUT2D eigenvalue weighted by atomic mass is 9.86. The summed E-state index contributed by atoms with van der Waals surface area (Å²) in [5, 5.41) is 7.83. The Balaban J connectivity index is 1.41. The highest BCUT2D eigenvalue weighted by Crippen LogP contribution is 2.42. The number of hydrogen-bond acceptors (Lipinski definition) is 6. The number of ether oxygens (including phenoxy) is 1. The van der Waals surface area contributed by atoms with Crippen molar-refractivity contribution in [3.05, 3.63) is 69.9 Å². The average Bonchev–Trinajstić information content (AvgIpc) is 3.38. The molecule has 3 aliphatic rings. The Kier molecular flexibility index (Phi) is 7.66. The van der Waals surface area contributed by atoms with Gasteiger partial charge in [-0.15, -0.1) is 0 Å². The number of benzene rings is 2. The molecule has 8 nitrogen and oxygen atoms in total. The van der Waals surface area contributed by atoms with Gasteiger partial charge < -0.3 is 20.3 Å². The summed E-state index contributed by atoms with van der Waals surface area (Å²) in [6.45, 7) is 3.80. The number of amides is 2. The quantitative estimate of drug-likeness (QED) is 0.474. The molecule has 9 heteroatoms. The second-order valence-electron chi connectivity index (χ2n) is 11.2. The highest BCUT2D eigenvalue weighted by atomic mass is 35.5. The Bertz CT molecular complexity index is 1440. The van der Waals surface area contributed by atoms with E-state index in [1.807, 2.05) is 42.5 Å². The molecular weight excluding hydrogens is 526 g/mol. The van der Waals surface area contributed by atoms with Gasteiger partial charge in [0.1, 0.15) is 5.75 Å². The molecular formula is C31H36ClN5O3. The highest BCUT2D eigenvalue weighted by Gasteiger charge is 2.40. The number of para-hydroxylation sites is 1. The van der Waals surface area contributed by atoms with Crippen molar-refractivity contribution in [2.75, 3.05) is 40.3 Å². The molecule has 2 aromatic carbocycles. The molecule has 2 unspecified atom stereocenters. The van der Waals surface area contributed by atoms with E-state index in [0.29, 0.717) is 42.4 Å². The molecule has 3 aromatic rings. The number of piperidine rings is 1. The number of pyridine rings is 1. The molecule has 0 radical (unpaired) electrons. The minimum Gasteiger partial charge on any atom is -0.496 e. The molecule has 2 fully saturated rings. The van der Waals surface area contributed by atoms with E-state index in [4.69, 9.17) is 21.3 Å². The van der Waals surface area contributed by atoms with Gasteiger partial charge in [0.2, 0.25) is 5.91 Å². The summed E-state index contributed by atoms with van der Waals surface area (Å²) in [5.74, 6) is 0.451. The number of halogens is 1. The third-order valence-electron chi connectivity index (χ3n) is 8.73. The number of aromatic nitrogens is 1. The predicted octanol–water partition coefficient (Wildman–Crippen LogP) is 3.96. The van der Waals surface area contributed by atoms with Gasteiger partial charge in [-0.3, -0.25) is 19.5 Å². The van der Waals surface area contributed by atoms with E-state index in [-0.39, 0.29) is 29.8 Å². The fourth-order valence-electron chi connectivity index (χ4n) is 6.64. The lowest BCUT2D eigenvalue weighted by Crippen LogP contribution is -2.44. The zero-order valence-corrected chi connectivity index (χ0v) is 23.8. The maximum atomic E-state index is 14.0. The van der Waals surface area contributed by atoms with E-state index < -0.39 is 0 Å². The van der Waals surface area contributed by atoms with Crippen LogP contribution in [0.25, 0.3) is 10.9 Å². The van der Waals surface area contributed by atoms with Crippen LogP contribution in [0.15, 0.2) is 42.5 Å². The minimum atomic E-state index is -0.251. The van der Waals surface area contributed by atoms with E-state index in [9.17, 15) is 9.59 Å². The van der Waals surface area contributed by atoms with Gasteiger partial charge in [-0.05, 0) is 63.7 Å². The van der Waals surface area contributed by atoms with Crippen LogP contribution in [-0.2, 0) is 17.8 Å². The largest absolute Gasteiger partial charge is 0.496 e. The van der Waals surface area contributed by atoms with Crippen LogP contribution < -0.4 is 15.4 Å². The van der Waals surface area contributed by atoms with Gasteiger partial charge in [0.15, 0.2) is 0 Å². The number of likely N-dealkylation sites (tertiary alicyclic amines) is 1. The SMILES string of the molecule is COc1ccc(Cl)cc1C(C1CCNC1=O)N1CCc2nc3ccccc3c(C(=O)NC3CCN(C)CC3)c2C1. The molecule has 3 aliphatic heterocycles. The molecule has 2 amide bonds. The van der Waals surface area contributed by atoms with Gasteiger partial charge >= 0.3 is 0 Å². The fourth-order valence-corrected chi connectivity index (χ4v) is 6.82. The van der Waals surface area contributed by atoms with Crippen molar-refractivity contribution in [2.45, 2.75) is 44.3 Å². The van der Waals surface area contributed by atoms with Crippen LogP contribution >= 0.6 is 11.6 Å². The molecule has 0 aliphatic carbocycles. The van der Waals surface area contributed by atoms with Gasteiger partial charge in [-0.25, -0.2) is 0 Å². The zero-order chi connectivity index (χ0) is 27.8. The molecule has 2 N–H and O–H groups in total. The summed E-state index contributed by atoms with van der Waals surface area (Å²) in [6.07, 6.45) is 3.28. The number of fused-ring (bicyclic) bond motifs is 2. The molecule has 6 rings (SSSR count). The van der Waals surface area contributed by atoms with Gasteiger partial charge in [0.05, 0.1) is 30.1 Å². The summed E-state index contributed by atoms with van der Waals surface area (Å²) in [6, 6.07) is 13.4. The topological polar surface area (TPSA) is 86.8 Å². The standard InChI is InChI=1S/C31H36ClN5O3/c1-36-14-10-20(11-15-36)34-31(39)28-21-5-3-4-6-25(21)35-26-12-16-37(18-24(26)28)29(22-9-13-33-30(22)38)23-17-19(32)7-8-27(23)40-2/h3-8,17,20,22,29H,9-16,18H2,1-2H3,(H,33,38)(H,34,39). The Morgan fingerprint density at radius 1 is 1.15 bits per heavy atom. The maximum Gasteiger partial charge on any atom is 0.252 e. The number of hydrogen-bond donors (Lipinski definition) is 2. The first kappa shape index (κ1) is 27.0. The summed E-state index contributed by atoms with van der Waals surface area (Å²) in [5.41, 5.74) is 4.34. The molecule has 0 saturated carbocycles. The second kappa shape index (κ2) is 11.4. The number of nitrogens with zero attached hydrogens (tertiary/aromatic N) is 3. The number of carbonyl (C=O) groups is 2. The monoisotopic (exact) mass is 561 g/mol. The molecule has 40 heavy (non-hydrogen) atoms. The maximum absolute atomic E-state index is 14.0. The summed E-state index contributed by atoms with van der Waals surface area (Å²) in [4.78, 5) is 36.7. The van der Waals surface area contributed by atoms with Crippen molar-refractivity contribution in [2.24, 2.45) is 5.92 Å². The zero-order valence-electron chi connectivity index (χ0n) is 23.1. The summed E-state index contributed by atoms with van der Waals surface area (Å²) < 4.78 is 5.75. The Morgan fingerprint density at radius 3 is 2.70 bits per heavy atom. The minimum absolute atomic E-state index is 0.0368. The van der Waals surface area contributed by atoms with Crippen LogP contribution in [0.3, 0.4) is 0 Å². The van der Waals surface area contributed by atoms with Gasteiger partial charge in [0, 0.05) is 59.3 Å². The van der Waals surface area contributed by atoms with E-state index in [0.717, 1.165) is 60.1 Å². The van der Waals surface area contributed by atoms with Crippen LogP contribution in [0.2, 0.25) is 5.02 Å². The molecule has 4 heterocycles. The van der Waals surface area contributed by atoms with Crippen LogP contribution in [0.4, 0.5) is 0 Å². The summed E-state index contributed by atoms with van der Waals surface area (Å²) >= 11 is 6.47. The molecule has 1 aromatic heterocycles. The lowest BCUT2D eigenvalue weighted by Gasteiger charge is -2.39. The highest BCUT2D eigenvalue weighted by molar-refractivity contribution is 6.30. The lowest BCUT2D eigenvalue weighted by molar-refractivity contribution is -0.124.